The first-order valence-electron chi connectivity index (χ1n) is 8.06. The number of nitrogens with one attached hydrogen (secondary N) is 1. The van der Waals surface area contributed by atoms with E-state index in [0.29, 0.717) is 16.3 Å². The Hall–Kier alpha value is -3.43. The molecule has 0 bridgehead atoms. The molecule has 0 aliphatic heterocycles. The summed E-state index contributed by atoms with van der Waals surface area (Å²) in [5.41, 5.74) is 1.08. The van der Waals surface area contributed by atoms with Crippen molar-refractivity contribution in [2.45, 2.75) is 19.1 Å². The Morgan fingerprint density at radius 2 is 1.82 bits per heavy atom. The SMILES string of the molecule is CC(O)C(Nc1ccc(C#N)c(Cl)c1)C(=O)N(N)C(=O)c1ccc(C#N)cc1. The molecule has 0 radical (unpaired) electrons. The van der Waals surface area contributed by atoms with Crippen molar-refractivity contribution in [2.75, 3.05) is 5.32 Å². The number of amides is 2. The second kappa shape index (κ2) is 8.98. The van der Waals surface area contributed by atoms with Gasteiger partial charge in [-0.2, -0.15) is 10.5 Å². The fraction of sp³-hybridized carbons (Fsp3) is 0.158. The van der Waals surface area contributed by atoms with Crippen molar-refractivity contribution >= 4 is 29.1 Å². The van der Waals surface area contributed by atoms with E-state index in [-0.39, 0.29) is 16.1 Å². The van der Waals surface area contributed by atoms with Crippen LogP contribution in [0.5, 0.6) is 0 Å². The normalized spacial score (nSPS) is 12.2. The lowest BCUT2D eigenvalue weighted by Crippen LogP contribution is -2.53. The van der Waals surface area contributed by atoms with Crippen molar-refractivity contribution < 1.29 is 14.7 Å². The highest BCUT2D eigenvalue weighted by Gasteiger charge is 2.31. The Bertz CT molecular complexity index is 977. The first-order valence-corrected chi connectivity index (χ1v) is 8.43. The molecule has 0 aliphatic rings. The first kappa shape index (κ1) is 20.9. The predicted molar refractivity (Wildman–Crippen MR) is 102 cm³/mol. The minimum Gasteiger partial charge on any atom is -0.391 e. The van der Waals surface area contributed by atoms with Crippen molar-refractivity contribution in [3.63, 3.8) is 0 Å². The van der Waals surface area contributed by atoms with Gasteiger partial charge >= 0.3 is 0 Å². The Labute approximate surface area is 166 Å². The molecule has 0 aromatic heterocycles. The van der Waals surface area contributed by atoms with Crippen LogP contribution in [0.25, 0.3) is 0 Å². The molecule has 142 valence electrons. The average molecular weight is 398 g/mol. The smallest absolute Gasteiger partial charge is 0.274 e. The minimum atomic E-state index is -1.24. The van der Waals surface area contributed by atoms with Crippen molar-refractivity contribution in [2.24, 2.45) is 5.84 Å². The third kappa shape index (κ3) is 4.64. The van der Waals surface area contributed by atoms with Gasteiger partial charge in [-0.15, -0.1) is 0 Å². The van der Waals surface area contributed by atoms with E-state index in [4.69, 9.17) is 28.0 Å². The maximum absolute atomic E-state index is 12.7. The number of hydrogen-bond acceptors (Lipinski definition) is 7. The summed E-state index contributed by atoms with van der Waals surface area (Å²) in [5.74, 6) is 4.02. The van der Waals surface area contributed by atoms with E-state index < -0.39 is 24.0 Å². The van der Waals surface area contributed by atoms with Gasteiger partial charge in [-0.1, -0.05) is 11.6 Å². The second-order valence-corrected chi connectivity index (χ2v) is 6.28. The number of carbonyl (C=O) groups is 2. The van der Waals surface area contributed by atoms with Gasteiger partial charge in [0.15, 0.2) is 0 Å². The number of anilines is 1. The average Bonchev–Trinajstić information content (AvgIpc) is 2.70. The van der Waals surface area contributed by atoms with Crippen LogP contribution >= 0.6 is 11.6 Å². The number of hydrazine groups is 1. The summed E-state index contributed by atoms with van der Waals surface area (Å²) in [6, 6.07) is 12.6. The Balaban J connectivity index is 2.21. The van der Waals surface area contributed by atoms with Crippen LogP contribution in [0.1, 0.15) is 28.4 Å². The van der Waals surface area contributed by atoms with E-state index >= 15 is 0 Å². The molecule has 2 atom stereocenters. The van der Waals surface area contributed by atoms with Gasteiger partial charge in [-0.3, -0.25) is 9.59 Å². The predicted octanol–water partition coefficient (Wildman–Crippen LogP) is 1.79. The molecule has 2 aromatic rings. The first-order chi connectivity index (χ1) is 13.3. The molecule has 0 saturated heterocycles. The lowest BCUT2D eigenvalue weighted by Gasteiger charge is -2.25. The van der Waals surface area contributed by atoms with Gasteiger partial charge in [0, 0.05) is 11.3 Å². The number of hydrogen-bond donors (Lipinski definition) is 3. The highest BCUT2D eigenvalue weighted by atomic mass is 35.5. The van der Waals surface area contributed by atoms with Gasteiger partial charge in [-0.25, -0.2) is 10.9 Å². The lowest BCUT2D eigenvalue weighted by molar-refractivity contribution is -0.131. The van der Waals surface area contributed by atoms with Gasteiger partial charge in [-0.05, 0) is 49.4 Å². The number of nitriles is 2. The number of imide groups is 1. The number of carbonyl (C=O) groups excluding carboxylic acids is 2. The lowest BCUT2D eigenvalue weighted by atomic mass is 10.1. The van der Waals surface area contributed by atoms with E-state index in [9.17, 15) is 14.7 Å². The molecule has 0 fully saturated rings. The van der Waals surface area contributed by atoms with Crippen LogP contribution in [-0.4, -0.2) is 34.1 Å². The molecule has 2 rings (SSSR count). The van der Waals surface area contributed by atoms with Gasteiger partial charge in [0.05, 0.1) is 28.3 Å². The highest BCUT2D eigenvalue weighted by molar-refractivity contribution is 6.32. The molecule has 0 spiro atoms. The highest BCUT2D eigenvalue weighted by Crippen LogP contribution is 2.21. The Morgan fingerprint density at radius 1 is 1.18 bits per heavy atom. The number of nitrogens with zero attached hydrogens (tertiary/aromatic N) is 3. The number of aliphatic hydroxyl groups excluding tert-OH is 1. The summed E-state index contributed by atoms with van der Waals surface area (Å²) >= 11 is 5.97. The summed E-state index contributed by atoms with van der Waals surface area (Å²) in [6.07, 6.45) is -1.19. The molecular weight excluding hydrogens is 382 g/mol. The summed E-state index contributed by atoms with van der Waals surface area (Å²) in [5, 5.41) is 31.0. The Kier molecular flexibility index (Phi) is 6.69. The molecule has 0 saturated carbocycles. The molecule has 0 heterocycles. The van der Waals surface area contributed by atoms with Crippen LogP contribution in [-0.2, 0) is 4.79 Å². The van der Waals surface area contributed by atoms with Crippen LogP contribution in [0, 0.1) is 22.7 Å². The van der Waals surface area contributed by atoms with Gasteiger partial charge in [0.25, 0.3) is 11.8 Å². The van der Waals surface area contributed by atoms with Crippen LogP contribution in [0.2, 0.25) is 5.02 Å². The van der Waals surface area contributed by atoms with E-state index in [1.807, 2.05) is 12.1 Å². The zero-order valence-corrected chi connectivity index (χ0v) is 15.5. The summed E-state index contributed by atoms with van der Waals surface area (Å²) < 4.78 is 0. The van der Waals surface area contributed by atoms with Crippen LogP contribution in [0.15, 0.2) is 42.5 Å². The topological polar surface area (TPSA) is 143 Å². The molecule has 2 amide bonds. The number of benzene rings is 2. The molecule has 9 heteroatoms. The summed E-state index contributed by atoms with van der Waals surface area (Å²) in [7, 11) is 0. The number of nitrogens with two attached hydrogens (primary N) is 1. The molecule has 8 nitrogen and oxygen atoms in total. The van der Waals surface area contributed by atoms with Crippen LogP contribution in [0.4, 0.5) is 5.69 Å². The van der Waals surface area contributed by atoms with E-state index in [0.717, 1.165) is 0 Å². The van der Waals surface area contributed by atoms with Crippen molar-refractivity contribution in [3.05, 3.63) is 64.2 Å². The molecular formula is C19H16ClN5O3. The van der Waals surface area contributed by atoms with Gasteiger partial charge in [0.2, 0.25) is 0 Å². The number of aliphatic hydroxyl groups is 1. The molecule has 4 N–H and O–H groups in total. The summed E-state index contributed by atoms with van der Waals surface area (Å²) in [6.45, 7) is 1.36. The van der Waals surface area contributed by atoms with E-state index in [2.05, 4.69) is 5.32 Å². The fourth-order valence-electron chi connectivity index (χ4n) is 2.34. The number of halogens is 1. The quantitative estimate of drug-likeness (QED) is 0.396. The molecule has 0 aliphatic carbocycles. The second-order valence-electron chi connectivity index (χ2n) is 5.87. The van der Waals surface area contributed by atoms with Crippen molar-refractivity contribution in [1.82, 2.24) is 5.01 Å². The van der Waals surface area contributed by atoms with E-state index in [1.165, 1.54) is 49.4 Å². The molecule has 2 aromatic carbocycles. The van der Waals surface area contributed by atoms with Crippen molar-refractivity contribution in [1.29, 1.82) is 10.5 Å². The Morgan fingerprint density at radius 3 is 2.32 bits per heavy atom. The fourth-order valence-corrected chi connectivity index (χ4v) is 2.56. The van der Waals surface area contributed by atoms with Crippen molar-refractivity contribution in [3.8, 4) is 12.1 Å². The maximum Gasteiger partial charge on any atom is 0.274 e. The zero-order chi connectivity index (χ0) is 20.8. The standard InChI is InChI=1S/C19H16ClN5O3/c1-11(26)17(24-15-7-6-14(10-22)16(20)8-15)19(28)25(23)18(27)13-4-2-12(9-21)3-5-13/h2-8,11,17,24,26H,23H2,1H3. The van der Waals surface area contributed by atoms with Gasteiger partial charge in [0.1, 0.15) is 12.1 Å². The zero-order valence-electron chi connectivity index (χ0n) is 14.8. The third-order valence-electron chi connectivity index (χ3n) is 3.88. The number of rotatable bonds is 5. The van der Waals surface area contributed by atoms with Gasteiger partial charge < -0.3 is 10.4 Å². The minimum absolute atomic E-state index is 0.112. The summed E-state index contributed by atoms with van der Waals surface area (Å²) in [4.78, 5) is 25.1. The monoisotopic (exact) mass is 397 g/mol. The van der Waals surface area contributed by atoms with Crippen LogP contribution < -0.4 is 11.2 Å². The van der Waals surface area contributed by atoms with E-state index in [1.54, 1.807) is 0 Å². The molecule has 2 unspecified atom stereocenters. The third-order valence-corrected chi connectivity index (χ3v) is 4.19. The largest absolute Gasteiger partial charge is 0.391 e. The maximum atomic E-state index is 12.7. The molecule has 28 heavy (non-hydrogen) atoms. The van der Waals surface area contributed by atoms with Crippen LogP contribution in [0.3, 0.4) is 0 Å².